The topological polar surface area (TPSA) is 57.8 Å². The van der Waals surface area contributed by atoms with Crippen molar-refractivity contribution in [2.45, 2.75) is 26.2 Å². The Bertz CT molecular complexity index is 906. The molecule has 3 aromatic rings. The molecule has 0 spiro atoms. The van der Waals surface area contributed by atoms with Crippen molar-refractivity contribution >= 4 is 23.2 Å². The molecule has 4 nitrogen and oxygen atoms in total. The van der Waals surface area contributed by atoms with Gasteiger partial charge in [-0.2, -0.15) is 5.10 Å². The van der Waals surface area contributed by atoms with Crippen molar-refractivity contribution < 1.29 is 9.18 Å². The number of carbonyl (C=O) groups is 1. The van der Waals surface area contributed by atoms with Gasteiger partial charge in [-0.3, -0.25) is 9.89 Å². The van der Waals surface area contributed by atoms with E-state index in [0.717, 1.165) is 29.7 Å². The average molecular weight is 372 g/mol. The molecule has 0 saturated heterocycles. The van der Waals surface area contributed by atoms with Crippen LogP contribution >= 0.6 is 11.6 Å². The lowest BCUT2D eigenvalue weighted by molar-refractivity contribution is -0.115. The molecule has 0 aliphatic heterocycles. The SMILES string of the molecule is CCCc1[nH]nc(-c2cccc(Cl)c2)c1NC(=O)Cc1ccc(F)cc1. The molecule has 0 aliphatic carbocycles. The number of carbonyl (C=O) groups excluding carboxylic acids is 1. The number of aromatic nitrogens is 2. The van der Waals surface area contributed by atoms with Crippen molar-refractivity contribution in [3.05, 3.63) is 70.6 Å². The molecule has 0 radical (unpaired) electrons. The quantitative estimate of drug-likeness (QED) is 0.640. The van der Waals surface area contributed by atoms with E-state index in [2.05, 4.69) is 22.4 Å². The maximum absolute atomic E-state index is 13.0. The summed E-state index contributed by atoms with van der Waals surface area (Å²) >= 11 is 6.08. The number of benzene rings is 2. The van der Waals surface area contributed by atoms with E-state index in [1.165, 1.54) is 12.1 Å². The molecule has 0 aliphatic rings. The van der Waals surface area contributed by atoms with E-state index < -0.39 is 0 Å². The third-order valence-corrected chi connectivity index (χ3v) is 4.22. The summed E-state index contributed by atoms with van der Waals surface area (Å²) in [6, 6.07) is 13.2. The lowest BCUT2D eigenvalue weighted by Gasteiger charge is -2.09. The Hall–Kier alpha value is -2.66. The number of hydrogen-bond donors (Lipinski definition) is 2. The number of halogens is 2. The van der Waals surface area contributed by atoms with Gasteiger partial charge in [0, 0.05) is 10.6 Å². The number of nitrogens with zero attached hydrogens (tertiary/aromatic N) is 1. The molecule has 1 heterocycles. The molecule has 1 aromatic heterocycles. The van der Waals surface area contributed by atoms with Crippen molar-refractivity contribution in [2.24, 2.45) is 0 Å². The largest absolute Gasteiger partial charge is 0.322 e. The van der Waals surface area contributed by atoms with Gasteiger partial charge in [-0.15, -0.1) is 0 Å². The van der Waals surface area contributed by atoms with Gasteiger partial charge < -0.3 is 5.32 Å². The number of nitrogens with one attached hydrogen (secondary N) is 2. The van der Waals surface area contributed by atoms with Gasteiger partial charge in [0.05, 0.1) is 17.8 Å². The van der Waals surface area contributed by atoms with Crippen molar-refractivity contribution in [1.29, 1.82) is 0 Å². The molecule has 0 saturated carbocycles. The zero-order chi connectivity index (χ0) is 18.5. The third-order valence-electron chi connectivity index (χ3n) is 3.98. The van der Waals surface area contributed by atoms with Crippen molar-refractivity contribution in [3.8, 4) is 11.3 Å². The van der Waals surface area contributed by atoms with Crippen LogP contribution < -0.4 is 5.32 Å². The van der Waals surface area contributed by atoms with E-state index in [4.69, 9.17) is 11.6 Å². The van der Waals surface area contributed by atoms with E-state index in [1.54, 1.807) is 18.2 Å². The molecule has 0 bridgehead atoms. The second-order valence-corrected chi connectivity index (χ2v) is 6.47. The van der Waals surface area contributed by atoms with E-state index in [0.29, 0.717) is 16.4 Å². The smallest absolute Gasteiger partial charge is 0.228 e. The number of rotatable bonds is 6. The predicted molar refractivity (Wildman–Crippen MR) is 102 cm³/mol. The zero-order valence-electron chi connectivity index (χ0n) is 14.4. The van der Waals surface area contributed by atoms with Crippen LogP contribution in [-0.2, 0) is 17.6 Å². The van der Waals surface area contributed by atoms with Gasteiger partial charge in [-0.05, 0) is 36.2 Å². The van der Waals surface area contributed by atoms with E-state index in [9.17, 15) is 9.18 Å². The number of H-pyrrole nitrogens is 1. The lowest BCUT2D eigenvalue weighted by atomic mass is 10.1. The number of amides is 1. The standard InChI is InChI=1S/C20H19ClFN3O/c1-2-4-17-20(19(25-24-17)14-5-3-6-15(21)12-14)23-18(26)11-13-7-9-16(22)10-8-13/h3,5-10,12H,2,4,11H2,1H3,(H,23,26)(H,24,25). The number of hydrogen-bond acceptors (Lipinski definition) is 2. The summed E-state index contributed by atoms with van der Waals surface area (Å²) in [6.45, 7) is 2.06. The average Bonchev–Trinajstić information content (AvgIpc) is 3.00. The minimum absolute atomic E-state index is 0.159. The van der Waals surface area contributed by atoms with Crippen LogP contribution in [0.5, 0.6) is 0 Å². The number of aromatic amines is 1. The van der Waals surface area contributed by atoms with Crippen LogP contribution in [0.3, 0.4) is 0 Å². The first-order valence-electron chi connectivity index (χ1n) is 8.44. The van der Waals surface area contributed by atoms with Crippen LogP contribution in [0.25, 0.3) is 11.3 Å². The van der Waals surface area contributed by atoms with Gasteiger partial charge >= 0.3 is 0 Å². The fraction of sp³-hybridized carbons (Fsp3) is 0.200. The minimum Gasteiger partial charge on any atom is -0.322 e. The highest BCUT2D eigenvalue weighted by molar-refractivity contribution is 6.30. The van der Waals surface area contributed by atoms with Gasteiger partial charge in [0.15, 0.2) is 0 Å². The summed E-state index contributed by atoms with van der Waals surface area (Å²) in [5.41, 5.74) is 3.77. The Morgan fingerprint density at radius 2 is 2.00 bits per heavy atom. The molecule has 134 valence electrons. The Morgan fingerprint density at radius 1 is 1.23 bits per heavy atom. The number of aryl methyl sites for hydroxylation is 1. The molecular formula is C20H19ClFN3O. The van der Waals surface area contributed by atoms with Gasteiger partial charge in [-0.25, -0.2) is 4.39 Å². The van der Waals surface area contributed by atoms with Crippen molar-refractivity contribution in [3.63, 3.8) is 0 Å². The van der Waals surface area contributed by atoms with Gasteiger partial charge in [0.2, 0.25) is 5.91 Å². The summed E-state index contributed by atoms with van der Waals surface area (Å²) in [5.74, 6) is -0.504. The van der Waals surface area contributed by atoms with Gasteiger partial charge in [0.1, 0.15) is 11.5 Å². The molecule has 0 atom stereocenters. The van der Waals surface area contributed by atoms with Crippen LogP contribution in [0.4, 0.5) is 10.1 Å². The van der Waals surface area contributed by atoms with Crippen LogP contribution in [0.2, 0.25) is 5.02 Å². The van der Waals surface area contributed by atoms with Gasteiger partial charge in [-0.1, -0.05) is 49.2 Å². The summed E-state index contributed by atoms with van der Waals surface area (Å²) in [6.07, 6.45) is 1.84. The maximum atomic E-state index is 13.0. The maximum Gasteiger partial charge on any atom is 0.228 e. The molecule has 26 heavy (non-hydrogen) atoms. The highest BCUT2D eigenvalue weighted by Crippen LogP contribution is 2.31. The Balaban J connectivity index is 1.86. The summed E-state index contributed by atoms with van der Waals surface area (Å²) in [4.78, 5) is 12.5. The third kappa shape index (κ3) is 4.29. The van der Waals surface area contributed by atoms with E-state index >= 15 is 0 Å². The molecule has 6 heteroatoms. The van der Waals surface area contributed by atoms with Crippen molar-refractivity contribution in [1.82, 2.24) is 10.2 Å². The van der Waals surface area contributed by atoms with Gasteiger partial charge in [0.25, 0.3) is 0 Å². The van der Waals surface area contributed by atoms with Crippen LogP contribution in [-0.4, -0.2) is 16.1 Å². The van der Waals surface area contributed by atoms with Crippen LogP contribution in [0, 0.1) is 5.82 Å². The first-order chi connectivity index (χ1) is 12.6. The Kier molecular flexibility index (Phi) is 5.68. The molecule has 0 unspecified atom stereocenters. The monoisotopic (exact) mass is 371 g/mol. The molecule has 1 amide bonds. The highest BCUT2D eigenvalue weighted by atomic mass is 35.5. The summed E-state index contributed by atoms with van der Waals surface area (Å²) < 4.78 is 13.0. The Morgan fingerprint density at radius 3 is 2.69 bits per heavy atom. The molecule has 2 N–H and O–H groups in total. The summed E-state index contributed by atoms with van der Waals surface area (Å²) in [5, 5.41) is 10.9. The van der Waals surface area contributed by atoms with Crippen molar-refractivity contribution in [2.75, 3.05) is 5.32 Å². The van der Waals surface area contributed by atoms with Crippen LogP contribution in [0.1, 0.15) is 24.6 Å². The fourth-order valence-electron chi connectivity index (χ4n) is 2.76. The molecular weight excluding hydrogens is 353 g/mol. The van der Waals surface area contributed by atoms with E-state index in [1.807, 2.05) is 18.2 Å². The lowest BCUT2D eigenvalue weighted by Crippen LogP contribution is -2.15. The molecule has 2 aromatic carbocycles. The second kappa shape index (κ2) is 8.15. The van der Waals surface area contributed by atoms with Crippen LogP contribution in [0.15, 0.2) is 48.5 Å². The summed E-state index contributed by atoms with van der Waals surface area (Å²) in [7, 11) is 0. The van der Waals surface area contributed by atoms with E-state index in [-0.39, 0.29) is 18.1 Å². The number of anilines is 1. The normalized spacial score (nSPS) is 10.7. The molecule has 0 fully saturated rings. The zero-order valence-corrected chi connectivity index (χ0v) is 15.1. The Labute approximate surface area is 156 Å². The second-order valence-electron chi connectivity index (χ2n) is 6.04. The first kappa shape index (κ1) is 18.1. The fourth-order valence-corrected chi connectivity index (χ4v) is 2.95. The first-order valence-corrected chi connectivity index (χ1v) is 8.82. The highest BCUT2D eigenvalue weighted by Gasteiger charge is 2.17. The minimum atomic E-state index is -0.322. The molecule has 3 rings (SSSR count). The predicted octanol–water partition coefficient (Wildman–Crippen LogP) is 5.00.